The molecule has 2 amide bonds. The Morgan fingerprint density at radius 2 is 1.59 bits per heavy atom. The number of rotatable bonds is 6. The number of hydrogen-bond acceptors (Lipinski definition) is 5. The van der Waals surface area contributed by atoms with E-state index < -0.39 is 10.0 Å². The molecular weight excluding hydrogens is 394 g/mol. The number of methoxy groups -OCH3 is 1. The molecule has 1 saturated heterocycles. The Morgan fingerprint density at radius 1 is 1.00 bits per heavy atom. The molecule has 0 bridgehead atoms. The minimum Gasteiger partial charge on any atom is -0.497 e. The maximum Gasteiger partial charge on any atom is 0.264 e. The van der Waals surface area contributed by atoms with Gasteiger partial charge in [0.05, 0.1) is 17.7 Å². The second-order valence-electron chi connectivity index (χ2n) is 6.63. The van der Waals surface area contributed by atoms with Crippen LogP contribution >= 0.6 is 0 Å². The van der Waals surface area contributed by atoms with E-state index in [4.69, 9.17) is 4.74 Å². The van der Waals surface area contributed by atoms with Gasteiger partial charge in [0, 0.05) is 38.8 Å². The van der Waals surface area contributed by atoms with Crippen LogP contribution in [-0.4, -0.2) is 70.9 Å². The van der Waals surface area contributed by atoms with Crippen molar-refractivity contribution in [3.63, 3.8) is 0 Å². The lowest BCUT2D eigenvalue weighted by atomic mass is 10.1. The first kappa shape index (κ1) is 20.7. The molecule has 8 nitrogen and oxygen atoms in total. The summed E-state index contributed by atoms with van der Waals surface area (Å²) in [5.41, 5.74) is 0.923. The number of benzene rings is 2. The molecule has 9 heteroatoms. The number of hydrogen-bond donors (Lipinski definition) is 0. The molecule has 0 aliphatic carbocycles. The number of amides is 2. The zero-order valence-electron chi connectivity index (χ0n) is 16.3. The van der Waals surface area contributed by atoms with Gasteiger partial charge in [0.25, 0.3) is 15.9 Å². The quantitative estimate of drug-likeness (QED) is 0.664. The van der Waals surface area contributed by atoms with Crippen molar-refractivity contribution in [3.05, 3.63) is 54.1 Å². The van der Waals surface area contributed by atoms with Gasteiger partial charge in [0.2, 0.25) is 6.41 Å². The fourth-order valence-corrected chi connectivity index (χ4v) is 4.27. The molecule has 154 valence electrons. The van der Waals surface area contributed by atoms with Crippen molar-refractivity contribution in [1.29, 1.82) is 0 Å². The van der Waals surface area contributed by atoms with Gasteiger partial charge in [-0.25, -0.2) is 8.42 Å². The number of nitrogens with zero attached hydrogens (tertiary/aromatic N) is 3. The van der Waals surface area contributed by atoms with E-state index in [0.717, 1.165) is 6.41 Å². The number of piperazine rings is 1. The van der Waals surface area contributed by atoms with E-state index in [1.807, 2.05) is 0 Å². The molecule has 0 unspecified atom stereocenters. The van der Waals surface area contributed by atoms with Crippen molar-refractivity contribution >= 4 is 28.0 Å². The molecule has 1 aliphatic heterocycles. The summed E-state index contributed by atoms with van der Waals surface area (Å²) in [5.74, 6) is 0.436. The number of sulfonamides is 1. The van der Waals surface area contributed by atoms with Crippen LogP contribution in [0.25, 0.3) is 0 Å². The van der Waals surface area contributed by atoms with E-state index in [1.54, 1.807) is 46.2 Å². The largest absolute Gasteiger partial charge is 0.497 e. The van der Waals surface area contributed by atoms with E-state index in [0.29, 0.717) is 43.2 Å². The van der Waals surface area contributed by atoms with Crippen molar-refractivity contribution in [2.24, 2.45) is 0 Å². The fraction of sp³-hybridized carbons (Fsp3) is 0.300. The lowest BCUT2D eigenvalue weighted by molar-refractivity contribution is -0.119. The van der Waals surface area contributed by atoms with Crippen molar-refractivity contribution in [1.82, 2.24) is 9.80 Å². The molecule has 0 aromatic heterocycles. The summed E-state index contributed by atoms with van der Waals surface area (Å²) >= 11 is 0. The van der Waals surface area contributed by atoms with E-state index in [-0.39, 0.29) is 10.8 Å². The second-order valence-corrected chi connectivity index (χ2v) is 8.60. The molecule has 3 rings (SSSR count). The van der Waals surface area contributed by atoms with Crippen LogP contribution in [0.1, 0.15) is 10.4 Å². The maximum atomic E-state index is 12.8. The van der Waals surface area contributed by atoms with Crippen LogP contribution in [0.15, 0.2) is 53.4 Å². The third-order valence-electron chi connectivity index (χ3n) is 4.95. The third kappa shape index (κ3) is 4.34. The summed E-state index contributed by atoms with van der Waals surface area (Å²) in [6.07, 6.45) is 0.787. The van der Waals surface area contributed by atoms with Crippen LogP contribution in [-0.2, 0) is 14.8 Å². The molecule has 1 fully saturated rings. The fourth-order valence-electron chi connectivity index (χ4n) is 3.07. The molecule has 1 aliphatic rings. The first-order valence-electron chi connectivity index (χ1n) is 9.08. The van der Waals surface area contributed by atoms with E-state index in [9.17, 15) is 18.0 Å². The highest BCUT2D eigenvalue weighted by atomic mass is 32.2. The lowest BCUT2D eigenvalue weighted by Crippen LogP contribution is -2.48. The van der Waals surface area contributed by atoms with Crippen LogP contribution in [0.4, 0.5) is 5.69 Å². The van der Waals surface area contributed by atoms with Crippen LogP contribution < -0.4 is 9.04 Å². The average Bonchev–Trinajstić information content (AvgIpc) is 2.78. The molecule has 1 heterocycles. The smallest absolute Gasteiger partial charge is 0.264 e. The Labute approximate surface area is 170 Å². The topological polar surface area (TPSA) is 87.2 Å². The van der Waals surface area contributed by atoms with Gasteiger partial charge < -0.3 is 14.5 Å². The SMILES string of the molecule is COc1ccc(S(=O)(=O)N(C)c2ccc(C(=O)N3CCN(C=O)CC3)cc2)cc1. The Kier molecular flexibility index (Phi) is 6.07. The zero-order valence-corrected chi connectivity index (χ0v) is 17.1. The zero-order chi connectivity index (χ0) is 21.0. The minimum absolute atomic E-state index is 0.136. The van der Waals surface area contributed by atoms with E-state index in [1.165, 1.54) is 30.6 Å². The molecule has 29 heavy (non-hydrogen) atoms. The van der Waals surface area contributed by atoms with Crippen LogP contribution in [0.3, 0.4) is 0 Å². The molecule has 2 aromatic rings. The predicted molar refractivity (Wildman–Crippen MR) is 109 cm³/mol. The first-order chi connectivity index (χ1) is 13.9. The molecule has 2 aromatic carbocycles. The van der Waals surface area contributed by atoms with Gasteiger partial charge in [-0.3, -0.25) is 13.9 Å². The normalized spacial score (nSPS) is 14.4. The number of carbonyl (C=O) groups is 2. The minimum atomic E-state index is -3.74. The van der Waals surface area contributed by atoms with Gasteiger partial charge in [-0.05, 0) is 48.5 Å². The average molecular weight is 417 g/mol. The van der Waals surface area contributed by atoms with Crippen molar-refractivity contribution in [2.45, 2.75) is 4.90 Å². The third-order valence-corrected chi connectivity index (χ3v) is 6.75. The maximum absolute atomic E-state index is 12.8. The van der Waals surface area contributed by atoms with Gasteiger partial charge in [-0.2, -0.15) is 0 Å². The molecular formula is C20H23N3O5S. The highest BCUT2D eigenvalue weighted by Crippen LogP contribution is 2.24. The molecule has 0 saturated carbocycles. The summed E-state index contributed by atoms with van der Waals surface area (Å²) in [7, 11) is -0.754. The summed E-state index contributed by atoms with van der Waals surface area (Å²) in [4.78, 5) is 26.9. The molecule has 0 spiro atoms. The highest BCUT2D eigenvalue weighted by molar-refractivity contribution is 7.92. The van der Waals surface area contributed by atoms with Crippen molar-refractivity contribution in [2.75, 3.05) is 44.6 Å². The highest BCUT2D eigenvalue weighted by Gasteiger charge is 2.23. The molecule has 0 N–H and O–H groups in total. The van der Waals surface area contributed by atoms with Crippen LogP contribution in [0, 0.1) is 0 Å². The van der Waals surface area contributed by atoms with Gasteiger partial charge in [-0.1, -0.05) is 0 Å². The summed E-state index contributed by atoms with van der Waals surface area (Å²) in [6, 6.07) is 12.6. The van der Waals surface area contributed by atoms with Gasteiger partial charge in [0.1, 0.15) is 5.75 Å². The molecule has 0 atom stereocenters. The number of anilines is 1. The van der Waals surface area contributed by atoms with Gasteiger partial charge >= 0.3 is 0 Å². The predicted octanol–water partition coefficient (Wildman–Crippen LogP) is 1.43. The standard InChI is InChI=1S/C20H23N3O5S/c1-21(29(26,27)19-9-7-18(28-2)8-10-19)17-5-3-16(4-6-17)20(25)23-13-11-22(15-24)12-14-23/h3-10,15H,11-14H2,1-2H3. The Hall–Kier alpha value is -3.07. The molecule has 0 radical (unpaired) electrons. The Morgan fingerprint density at radius 3 is 2.10 bits per heavy atom. The van der Waals surface area contributed by atoms with Crippen LogP contribution in [0.5, 0.6) is 5.75 Å². The first-order valence-corrected chi connectivity index (χ1v) is 10.5. The summed E-state index contributed by atoms with van der Waals surface area (Å²) in [6.45, 7) is 1.97. The summed E-state index contributed by atoms with van der Waals surface area (Å²) < 4.78 is 31.9. The Balaban J connectivity index is 1.73. The Bertz CT molecular complexity index is 966. The van der Waals surface area contributed by atoms with E-state index >= 15 is 0 Å². The van der Waals surface area contributed by atoms with Crippen LogP contribution in [0.2, 0.25) is 0 Å². The van der Waals surface area contributed by atoms with Crippen molar-refractivity contribution in [3.8, 4) is 5.75 Å². The number of ether oxygens (including phenoxy) is 1. The lowest BCUT2D eigenvalue weighted by Gasteiger charge is -2.32. The number of carbonyl (C=O) groups excluding carboxylic acids is 2. The van der Waals surface area contributed by atoms with E-state index in [2.05, 4.69) is 0 Å². The monoisotopic (exact) mass is 417 g/mol. The second kappa shape index (κ2) is 8.52. The van der Waals surface area contributed by atoms with Gasteiger partial charge in [-0.15, -0.1) is 0 Å². The summed E-state index contributed by atoms with van der Waals surface area (Å²) in [5, 5.41) is 0. The van der Waals surface area contributed by atoms with Gasteiger partial charge in [0.15, 0.2) is 0 Å². The van der Waals surface area contributed by atoms with Crippen molar-refractivity contribution < 1.29 is 22.7 Å².